The van der Waals surface area contributed by atoms with Crippen molar-refractivity contribution in [2.45, 2.75) is 12.8 Å². The number of pyridine rings is 1. The summed E-state index contributed by atoms with van der Waals surface area (Å²) in [6.45, 7) is 4.10. The third-order valence-corrected chi connectivity index (χ3v) is 6.62. The lowest BCUT2D eigenvalue weighted by Gasteiger charge is -2.30. The number of hydrogen-bond donors (Lipinski definition) is 1. The van der Waals surface area contributed by atoms with E-state index in [2.05, 4.69) is 9.88 Å². The number of amides is 1. The second kappa shape index (κ2) is 10.3. The Kier molecular flexibility index (Phi) is 6.77. The molecular formula is C28H27N3O5. The number of carbonyl (C=O) groups excluding carboxylic acids is 2. The molecule has 0 spiro atoms. The van der Waals surface area contributed by atoms with Gasteiger partial charge in [0.05, 0.1) is 30.0 Å². The molecule has 0 radical (unpaired) electrons. The molecule has 2 aliphatic rings. The molecule has 3 aromatic rings. The predicted molar refractivity (Wildman–Crippen MR) is 137 cm³/mol. The Bertz CT molecular complexity index is 1340. The van der Waals surface area contributed by atoms with Crippen molar-refractivity contribution in [2.75, 3.05) is 44.3 Å². The smallest absolute Gasteiger partial charge is 0.335 e. The molecular weight excluding hydrogens is 458 g/mol. The van der Waals surface area contributed by atoms with Gasteiger partial charge in [0.1, 0.15) is 0 Å². The fourth-order valence-corrected chi connectivity index (χ4v) is 4.65. The van der Waals surface area contributed by atoms with Crippen molar-refractivity contribution >= 4 is 40.3 Å². The fourth-order valence-electron chi connectivity index (χ4n) is 4.65. The topological polar surface area (TPSA) is 100 Å². The lowest BCUT2D eigenvalue weighted by atomic mass is 10.1. The van der Waals surface area contributed by atoms with Gasteiger partial charge in [-0.3, -0.25) is 9.59 Å². The summed E-state index contributed by atoms with van der Waals surface area (Å²) in [5.41, 5.74) is 3.39. The maximum absolute atomic E-state index is 12.8. The standard InChI is InChI=1S/C28H27N3O5/c32-26(19-3-5-20(6-4-19)27(33)31-11-1-2-12-31)10-8-22-18-25(30-13-15-36-16-14-30)23-17-21(28(34)35)7-9-24(23)29-22/h3-10,17-18H,1-2,11-16H2,(H,34,35). The number of anilines is 1. The van der Waals surface area contributed by atoms with E-state index in [4.69, 9.17) is 4.74 Å². The van der Waals surface area contributed by atoms with Crippen LogP contribution in [-0.4, -0.2) is 72.0 Å². The first-order chi connectivity index (χ1) is 17.5. The van der Waals surface area contributed by atoms with Gasteiger partial charge >= 0.3 is 5.97 Å². The Balaban J connectivity index is 1.40. The number of benzene rings is 2. The zero-order valence-corrected chi connectivity index (χ0v) is 19.9. The SMILES string of the molecule is O=C(O)c1ccc2nc(C=CC(=O)c3ccc(C(=O)N4CCCC4)cc3)cc(N3CCOCC3)c2c1. The van der Waals surface area contributed by atoms with Crippen LogP contribution in [0.3, 0.4) is 0 Å². The van der Waals surface area contributed by atoms with E-state index >= 15 is 0 Å². The first-order valence-corrected chi connectivity index (χ1v) is 12.1. The number of aromatic carboxylic acids is 1. The molecule has 36 heavy (non-hydrogen) atoms. The number of nitrogens with zero attached hydrogens (tertiary/aromatic N) is 3. The summed E-state index contributed by atoms with van der Waals surface area (Å²) in [6.07, 6.45) is 5.20. The first-order valence-electron chi connectivity index (χ1n) is 12.1. The molecule has 5 rings (SSSR count). The van der Waals surface area contributed by atoms with Crippen molar-refractivity contribution in [1.29, 1.82) is 0 Å². The molecule has 1 N–H and O–H groups in total. The summed E-state index contributed by atoms with van der Waals surface area (Å²) in [5, 5.41) is 10.2. The summed E-state index contributed by atoms with van der Waals surface area (Å²) in [5.74, 6) is -1.18. The van der Waals surface area contributed by atoms with Gasteiger partial charge in [-0.1, -0.05) is 12.1 Å². The van der Waals surface area contributed by atoms with Gasteiger partial charge < -0.3 is 19.6 Å². The number of carboxylic acids is 1. The molecule has 184 valence electrons. The highest BCUT2D eigenvalue weighted by molar-refractivity contribution is 6.07. The molecule has 0 saturated carbocycles. The van der Waals surface area contributed by atoms with Crippen molar-refractivity contribution < 1.29 is 24.2 Å². The van der Waals surface area contributed by atoms with E-state index in [0.717, 1.165) is 37.0 Å². The molecule has 1 aromatic heterocycles. The van der Waals surface area contributed by atoms with Crippen molar-refractivity contribution in [3.05, 3.63) is 77.0 Å². The number of ketones is 1. The van der Waals surface area contributed by atoms with Crippen LogP contribution in [0, 0.1) is 0 Å². The Hall–Kier alpha value is -4.04. The van der Waals surface area contributed by atoms with Crippen LogP contribution in [0.15, 0.2) is 54.6 Å². The molecule has 0 aliphatic carbocycles. The van der Waals surface area contributed by atoms with E-state index in [1.807, 2.05) is 11.0 Å². The van der Waals surface area contributed by atoms with Gasteiger partial charge in [-0.05, 0) is 61.4 Å². The van der Waals surface area contributed by atoms with E-state index in [9.17, 15) is 19.5 Å². The first kappa shape index (κ1) is 23.7. The van der Waals surface area contributed by atoms with Crippen LogP contribution in [0.4, 0.5) is 5.69 Å². The molecule has 2 aliphatic heterocycles. The van der Waals surface area contributed by atoms with Crippen molar-refractivity contribution in [2.24, 2.45) is 0 Å². The molecule has 1 amide bonds. The fraction of sp³-hybridized carbons (Fsp3) is 0.286. The number of carbonyl (C=O) groups is 3. The minimum Gasteiger partial charge on any atom is -0.478 e. The Morgan fingerprint density at radius 2 is 1.53 bits per heavy atom. The number of aromatic nitrogens is 1. The van der Waals surface area contributed by atoms with E-state index in [0.29, 0.717) is 48.6 Å². The van der Waals surface area contributed by atoms with Crippen LogP contribution in [0.1, 0.15) is 49.6 Å². The van der Waals surface area contributed by atoms with Crippen molar-refractivity contribution in [1.82, 2.24) is 9.88 Å². The average Bonchev–Trinajstić information content (AvgIpc) is 3.46. The molecule has 2 saturated heterocycles. The number of rotatable bonds is 6. The minimum atomic E-state index is -0.993. The Labute approximate surface area is 208 Å². The van der Waals surface area contributed by atoms with Gasteiger partial charge in [0.15, 0.2) is 5.78 Å². The number of likely N-dealkylation sites (tertiary alicyclic amines) is 1. The lowest BCUT2D eigenvalue weighted by molar-refractivity contribution is 0.0696. The highest BCUT2D eigenvalue weighted by atomic mass is 16.5. The number of morpholine rings is 1. The Morgan fingerprint density at radius 1 is 0.861 bits per heavy atom. The van der Waals surface area contributed by atoms with Gasteiger partial charge in [0.2, 0.25) is 0 Å². The van der Waals surface area contributed by atoms with E-state index in [-0.39, 0.29) is 17.3 Å². The third kappa shape index (κ3) is 4.99. The number of ether oxygens (including phenoxy) is 1. The number of allylic oxidation sites excluding steroid dienone is 1. The maximum atomic E-state index is 12.8. The summed E-state index contributed by atoms with van der Waals surface area (Å²) in [6, 6.07) is 13.5. The number of hydrogen-bond acceptors (Lipinski definition) is 6. The van der Waals surface area contributed by atoms with Gasteiger partial charge in [0, 0.05) is 48.4 Å². The zero-order chi connectivity index (χ0) is 25.1. The largest absolute Gasteiger partial charge is 0.478 e. The third-order valence-electron chi connectivity index (χ3n) is 6.62. The van der Waals surface area contributed by atoms with Gasteiger partial charge in [-0.25, -0.2) is 9.78 Å². The molecule has 2 fully saturated rings. The van der Waals surface area contributed by atoms with Crippen LogP contribution in [0.5, 0.6) is 0 Å². The monoisotopic (exact) mass is 485 g/mol. The lowest BCUT2D eigenvalue weighted by Crippen LogP contribution is -2.36. The molecule has 8 nitrogen and oxygen atoms in total. The summed E-state index contributed by atoms with van der Waals surface area (Å²) >= 11 is 0. The second-order valence-electron chi connectivity index (χ2n) is 8.98. The van der Waals surface area contributed by atoms with Gasteiger partial charge in [0.25, 0.3) is 5.91 Å². The van der Waals surface area contributed by atoms with E-state index < -0.39 is 5.97 Å². The highest BCUT2D eigenvalue weighted by Crippen LogP contribution is 2.29. The molecule has 2 aromatic carbocycles. The predicted octanol–water partition coefficient (Wildman–Crippen LogP) is 3.90. The van der Waals surface area contributed by atoms with Crippen molar-refractivity contribution in [3.63, 3.8) is 0 Å². The quantitative estimate of drug-likeness (QED) is 0.417. The molecule has 8 heteroatoms. The number of carboxylic acid groups (broad SMARTS) is 1. The minimum absolute atomic E-state index is 0.00380. The van der Waals surface area contributed by atoms with E-state index in [1.54, 1.807) is 42.5 Å². The zero-order valence-electron chi connectivity index (χ0n) is 19.9. The van der Waals surface area contributed by atoms with Crippen LogP contribution < -0.4 is 4.90 Å². The molecule has 0 atom stereocenters. The van der Waals surface area contributed by atoms with Crippen molar-refractivity contribution in [3.8, 4) is 0 Å². The summed E-state index contributed by atoms with van der Waals surface area (Å²) < 4.78 is 5.47. The van der Waals surface area contributed by atoms with E-state index in [1.165, 1.54) is 12.1 Å². The van der Waals surface area contributed by atoms with Crippen LogP contribution in [-0.2, 0) is 4.74 Å². The van der Waals surface area contributed by atoms with Crippen LogP contribution >= 0.6 is 0 Å². The number of fused-ring (bicyclic) bond motifs is 1. The van der Waals surface area contributed by atoms with Gasteiger partial charge in [-0.15, -0.1) is 0 Å². The highest BCUT2D eigenvalue weighted by Gasteiger charge is 2.20. The molecule has 3 heterocycles. The summed E-state index contributed by atoms with van der Waals surface area (Å²) in [4.78, 5) is 45.5. The summed E-state index contributed by atoms with van der Waals surface area (Å²) in [7, 11) is 0. The molecule has 0 unspecified atom stereocenters. The normalized spacial score (nSPS) is 16.1. The maximum Gasteiger partial charge on any atom is 0.335 e. The average molecular weight is 486 g/mol. The van der Waals surface area contributed by atoms with Crippen LogP contribution in [0.2, 0.25) is 0 Å². The van der Waals surface area contributed by atoms with Crippen LogP contribution in [0.25, 0.3) is 17.0 Å². The molecule has 0 bridgehead atoms. The Morgan fingerprint density at radius 3 is 2.22 bits per heavy atom. The second-order valence-corrected chi connectivity index (χ2v) is 8.98. The van der Waals surface area contributed by atoms with Gasteiger partial charge in [-0.2, -0.15) is 0 Å².